The molecule has 0 bridgehead atoms. The Morgan fingerprint density at radius 3 is 2.88 bits per heavy atom. The van der Waals surface area contributed by atoms with Gasteiger partial charge in [0.25, 0.3) is 11.5 Å². The van der Waals surface area contributed by atoms with Crippen LogP contribution < -0.4 is 15.7 Å². The van der Waals surface area contributed by atoms with Crippen LogP contribution in [0.3, 0.4) is 0 Å². The van der Waals surface area contributed by atoms with E-state index in [0.717, 1.165) is 25.2 Å². The Labute approximate surface area is 143 Å². The second kappa shape index (κ2) is 6.92. The number of aromatic amines is 1. The first-order valence-corrected chi connectivity index (χ1v) is 8.02. The number of aromatic nitrogens is 2. The first kappa shape index (κ1) is 16.9. The smallest absolute Gasteiger partial charge is 0.289 e. The number of ether oxygens (including phenoxy) is 1. The van der Waals surface area contributed by atoms with E-state index in [9.17, 15) is 14.4 Å². The molecular weight excluding hydrogens is 326 g/mol. The number of hydrogen-bond acceptors (Lipinski definition) is 6. The summed E-state index contributed by atoms with van der Waals surface area (Å²) in [7, 11) is 1.36. The molecule has 1 amide bonds. The van der Waals surface area contributed by atoms with Gasteiger partial charge in [0, 0.05) is 31.1 Å². The van der Waals surface area contributed by atoms with Crippen LogP contribution >= 0.6 is 0 Å². The van der Waals surface area contributed by atoms with E-state index in [1.807, 2.05) is 0 Å². The Bertz CT molecular complexity index is 902. The Balaban J connectivity index is 1.81. The summed E-state index contributed by atoms with van der Waals surface area (Å²) in [5, 5.41) is 0. The lowest BCUT2D eigenvalue weighted by molar-refractivity contribution is 0.0670. The minimum absolute atomic E-state index is 0.0244. The fourth-order valence-corrected chi connectivity index (χ4v) is 3.03. The van der Waals surface area contributed by atoms with Crippen LogP contribution in [0.2, 0.25) is 0 Å². The van der Waals surface area contributed by atoms with E-state index >= 15 is 0 Å². The predicted octanol–water partition coefficient (Wildman–Crippen LogP) is 1.06. The number of nitrogens with zero attached hydrogens (tertiary/aromatic N) is 2. The molecule has 1 unspecified atom stereocenters. The van der Waals surface area contributed by atoms with Gasteiger partial charge in [-0.1, -0.05) is 0 Å². The van der Waals surface area contributed by atoms with Crippen molar-refractivity contribution in [2.75, 3.05) is 20.2 Å². The van der Waals surface area contributed by atoms with Gasteiger partial charge >= 0.3 is 0 Å². The zero-order valence-corrected chi connectivity index (χ0v) is 14.1. The van der Waals surface area contributed by atoms with Crippen molar-refractivity contribution in [3.05, 3.63) is 56.3 Å². The van der Waals surface area contributed by atoms with Gasteiger partial charge in [-0.3, -0.25) is 14.4 Å². The topological polar surface area (TPSA) is 106 Å². The third-order valence-electron chi connectivity index (χ3n) is 4.24. The van der Waals surface area contributed by atoms with Crippen molar-refractivity contribution < 1.29 is 13.9 Å². The van der Waals surface area contributed by atoms with E-state index in [0.29, 0.717) is 24.6 Å². The molecule has 8 heteroatoms. The minimum atomic E-state index is -0.405. The van der Waals surface area contributed by atoms with E-state index in [1.54, 1.807) is 11.8 Å². The maximum absolute atomic E-state index is 12.6. The summed E-state index contributed by atoms with van der Waals surface area (Å²) in [5.41, 5.74) is 0.0691. The number of methoxy groups -OCH3 is 1. The number of amides is 1. The van der Waals surface area contributed by atoms with Gasteiger partial charge in [-0.15, -0.1) is 0 Å². The van der Waals surface area contributed by atoms with Crippen molar-refractivity contribution in [3.63, 3.8) is 0 Å². The van der Waals surface area contributed by atoms with Crippen LogP contribution in [0.15, 0.2) is 32.4 Å². The zero-order valence-electron chi connectivity index (χ0n) is 14.1. The van der Waals surface area contributed by atoms with Crippen molar-refractivity contribution in [1.29, 1.82) is 0 Å². The summed E-state index contributed by atoms with van der Waals surface area (Å²) in [6.07, 6.45) is 2.76. The van der Waals surface area contributed by atoms with Gasteiger partial charge in [-0.2, -0.15) is 0 Å². The van der Waals surface area contributed by atoms with Gasteiger partial charge in [0.2, 0.25) is 11.2 Å². The molecule has 0 saturated carbocycles. The largest absolute Gasteiger partial charge is 0.490 e. The highest BCUT2D eigenvalue weighted by atomic mass is 16.5. The van der Waals surface area contributed by atoms with Crippen molar-refractivity contribution in [2.45, 2.75) is 25.7 Å². The molecule has 2 aromatic heterocycles. The quantitative estimate of drug-likeness (QED) is 0.892. The highest BCUT2D eigenvalue weighted by Crippen LogP contribution is 2.26. The molecule has 2 aromatic rings. The van der Waals surface area contributed by atoms with E-state index in [4.69, 9.17) is 9.15 Å². The number of aryl methyl sites for hydroxylation is 1. The van der Waals surface area contributed by atoms with E-state index in [2.05, 4.69) is 9.97 Å². The molecule has 0 aliphatic carbocycles. The highest BCUT2D eigenvalue weighted by molar-refractivity contribution is 5.91. The lowest BCUT2D eigenvalue weighted by atomic mass is 9.94. The average molecular weight is 345 g/mol. The Kier molecular flexibility index (Phi) is 4.69. The van der Waals surface area contributed by atoms with Crippen molar-refractivity contribution >= 4 is 5.91 Å². The van der Waals surface area contributed by atoms with Crippen LogP contribution in [0, 0.1) is 6.92 Å². The van der Waals surface area contributed by atoms with Gasteiger partial charge in [0.15, 0.2) is 5.76 Å². The number of hydrogen-bond donors (Lipinski definition) is 1. The number of nitrogens with one attached hydrogen (secondary N) is 1. The maximum atomic E-state index is 12.6. The van der Waals surface area contributed by atoms with Crippen LogP contribution in [-0.4, -0.2) is 41.0 Å². The highest BCUT2D eigenvalue weighted by Gasteiger charge is 2.28. The molecule has 8 nitrogen and oxygen atoms in total. The Morgan fingerprint density at radius 1 is 1.40 bits per heavy atom. The lowest BCUT2D eigenvalue weighted by Crippen LogP contribution is -2.39. The number of carbonyl (C=O) groups excluding carboxylic acids is 1. The fourth-order valence-electron chi connectivity index (χ4n) is 3.03. The molecule has 132 valence electrons. The number of H-pyrrole nitrogens is 1. The number of carbonyl (C=O) groups is 1. The van der Waals surface area contributed by atoms with Crippen LogP contribution in [0.1, 0.15) is 40.8 Å². The summed E-state index contributed by atoms with van der Waals surface area (Å²) in [6, 6.07) is 2.61. The Hall–Kier alpha value is -2.90. The number of rotatable bonds is 3. The Morgan fingerprint density at radius 2 is 2.20 bits per heavy atom. The summed E-state index contributed by atoms with van der Waals surface area (Å²) in [6.45, 7) is 2.71. The van der Waals surface area contributed by atoms with Crippen LogP contribution in [-0.2, 0) is 0 Å². The van der Waals surface area contributed by atoms with E-state index in [1.165, 1.54) is 13.2 Å². The van der Waals surface area contributed by atoms with Crippen molar-refractivity contribution in [3.8, 4) is 5.75 Å². The molecule has 0 radical (unpaired) electrons. The maximum Gasteiger partial charge on any atom is 0.289 e. The van der Waals surface area contributed by atoms with E-state index in [-0.39, 0.29) is 28.9 Å². The van der Waals surface area contributed by atoms with Crippen molar-refractivity contribution in [2.24, 2.45) is 0 Å². The van der Waals surface area contributed by atoms with Gasteiger partial charge in [0.05, 0.1) is 12.8 Å². The molecule has 0 spiro atoms. The van der Waals surface area contributed by atoms with Crippen LogP contribution in [0.25, 0.3) is 0 Å². The predicted molar refractivity (Wildman–Crippen MR) is 89.0 cm³/mol. The molecule has 25 heavy (non-hydrogen) atoms. The zero-order chi connectivity index (χ0) is 18.0. The first-order chi connectivity index (χ1) is 12.0. The van der Waals surface area contributed by atoms with Crippen LogP contribution in [0.5, 0.6) is 5.75 Å². The lowest BCUT2D eigenvalue weighted by Gasteiger charge is -2.32. The molecule has 1 N–H and O–H groups in total. The number of piperidine rings is 1. The fraction of sp³-hybridized carbons (Fsp3) is 0.412. The third-order valence-corrected chi connectivity index (χ3v) is 4.24. The summed E-state index contributed by atoms with van der Waals surface area (Å²) < 4.78 is 10.1. The molecule has 3 heterocycles. The minimum Gasteiger partial charge on any atom is -0.490 e. The molecule has 1 aliphatic rings. The molecule has 1 saturated heterocycles. The number of likely N-dealkylation sites (tertiary alicyclic amines) is 1. The molecular formula is C17H19N3O5. The normalized spacial score (nSPS) is 17.4. The molecule has 1 atom stereocenters. The van der Waals surface area contributed by atoms with E-state index < -0.39 is 5.43 Å². The first-order valence-electron chi connectivity index (χ1n) is 8.02. The summed E-state index contributed by atoms with van der Waals surface area (Å²) >= 11 is 0. The average Bonchev–Trinajstić information content (AvgIpc) is 2.60. The molecule has 1 fully saturated rings. The molecule has 0 aromatic carbocycles. The monoisotopic (exact) mass is 345 g/mol. The summed E-state index contributed by atoms with van der Waals surface area (Å²) in [4.78, 5) is 44.7. The standard InChI is InChI=1S/C17H19N3O5/c1-10-18-12(6-16(22)19-10)11-4-3-5-20(8-11)17(23)14-7-13(21)15(24-2)9-25-14/h6-7,9,11H,3-5,8H2,1-2H3,(H,18,19,22). The van der Waals surface area contributed by atoms with Gasteiger partial charge < -0.3 is 19.0 Å². The summed E-state index contributed by atoms with van der Waals surface area (Å²) in [5.74, 6) is 0.194. The molecule has 1 aliphatic heterocycles. The van der Waals surface area contributed by atoms with Crippen LogP contribution in [0.4, 0.5) is 0 Å². The second-order valence-electron chi connectivity index (χ2n) is 6.02. The molecule has 3 rings (SSSR count). The van der Waals surface area contributed by atoms with Gasteiger partial charge in [0.1, 0.15) is 12.1 Å². The third kappa shape index (κ3) is 3.62. The van der Waals surface area contributed by atoms with Crippen molar-refractivity contribution in [1.82, 2.24) is 14.9 Å². The van der Waals surface area contributed by atoms with Gasteiger partial charge in [-0.25, -0.2) is 4.98 Å². The second-order valence-corrected chi connectivity index (χ2v) is 6.02. The SMILES string of the molecule is COc1coc(C(=O)N2CCCC(c3cc(=O)[nH]c(C)n3)C2)cc1=O. The van der Waals surface area contributed by atoms with Gasteiger partial charge in [-0.05, 0) is 19.8 Å².